The molecule has 100 valence electrons. The summed E-state index contributed by atoms with van der Waals surface area (Å²) >= 11 is 5.62. The summed E-state index contributed by atoms with van der Waals surface area (Å²) in [6, 6.07) is 2.85. The molecule has 8 heteroatoms. The first-order valence-electron chi connectivity index (χ1n) is 4.91. The number of carboxylic acid groups (broad SMARTS) is 1. The lowest BCUT2D eigenvalue weighted by molar-refractivity contribution is -0.140. The zero-order valence-corrected chi connectivity index (χ0v) is 10.9. The number of hydrogen-bond acceptors (Lipinski definition) is 3. The van der Waals surface area contributed by atoms with Crippen molar-refractivity contribution in [1.82, 2.24) is 4.72 Å². The van der Waals surface area contributed by atoms with Crippen LogP contribution in [0.15, 0.2) is 23.1 Å². The number of sulfonamides is 1. The normalized spacial score (nSPS) is 13.3. The molecule has 0 heterocycles. The number of rotatable bonds is 5. The highest BCUT2D eigenvalue weighted by Crippen LogP contribution is 2.21. The van der Waals surface area contributed by atoms with Crippen LogP contribution in [-0.4, -0.2) is 26.0 Å². The summed E-state index contributed by atoms with van der Waals surface area (Å²) in [4.78, 5) is 10.3. The molecule has 0 fully saturated rings. The smallest absolute Gasteiger partial charge is 0.307 e. The van der Waals surface area contributed by atoms with Gasteiger partial charge in [0.1, 0.15) is 10.7 Å². The quantitative estimate of drug-likeness (QED) is 0.862. The third kappa shape index (κ3) is 3.66. The highest BCUT2D eigenvalue weighted by Gasteiger charge is 2.20. The van der Waals surface area contributed by atoms with Gasteiger partial charge in [-0.1, -0.05) is 18.5 Å². The van der Waals surface area contributed by atoms with Crippen LogP contribution in [0.5, 0.6) is 0 Å². The summed E-state index contributed by atoms with van der Waals surface area (Å²) in [6.07, 6.45) is 0. The molecule has 18 heavy (non-hydrogen) atoms. The van der Waals surface area contributed by atoms with E-state index in [2.05, 4.69) is 4.72 Å². The minimum atomic E-state index is -3.95. The van der Waals surface area contributed by atoms with Gasteiger partial charge in [0.15, 0.2) is 0 Å². The van der Waals surface area contributed by atoms with E-state index in [4.69, 9.17) is 16.7 Å². The topological polar surface area (TPSA) is 83.5 Å². The summed E-state index contributed by atoms with van der Waals surface area (Å²) in [5, 5.41) is 8.37. The fourth-order valence-corrected chi connectivity index (χ4v) is 2.75. The van der Waals surface area contributed by atoms with Crippen LogP contribution in [0.1, 0.15) is 6.92 Å². The minimum absolute atomic E-state index is 0.259. The minimum Gasteiger partial charge on any atom is -0.481 e. The van der Waals surface area contributed by atoms with Gasteiger partial charge in [0, 0.05) is 6.54 Å². The van der Waals surface area contributed by atoms with Gasteiger partial charge >= 0.3 is 5.97 Å². The number of hydrogen-bond donors (Lipinski definition) is 2. The molecule has 0 saturated carbocycles. The Morgan fingerprint density at radius 2 is 2.17 bits per heavy atom. The monoisotopic (exact) mass is 295 g/mol. The van der Waals surface area contributed by atoms with Gasteiger partial charge in [0.25, 0.3) is 0 Å². The highest BCUT2D eigenvalue weighted by atomic mass is 35.5. The molecule has 1 atom stereocenters. The zero-order valence-electron chi connectivity index (χ0n) is 9.35. The molecule has 0 bridgehead atoms. The fraction of sp³-hybridized carbons (Fsp3) is 0.300. The average Bonchev–Trinajstić information content (AvgIpc) is 2.25. The molecule has 0 amide bonds. The summed E-state index contributed by atoms with van der Waals surface area (Å²) in [6.45, 7) is 1.09. The molecule has 5 nitrogen and oxygen atoms in total. The van der Waals surface area contributed by atoms with Crippen molar-refractivity contribution in [3.05, 3.63) is 29.0 Å². The molecule has 0 spiro atoms. The van der Waals surface area contributed by atoms with Gasteiger partial charge in [-0.3, -0.25) is 4.79 Å². The molecule has 0 aliphatic heterocycles. The highest BCUT2D eigenvalue weighted by molar-refractivity contribution is 7.89. The van der Waals surface area contributed by atoms with Gasteiger partial charge in [-0.2, -0.15) is 0 Å². The Morgan fingerprint density at radius 1 is 1.56 bits per heavy atom. The molecular formula is C10H11ClFNO4S. The van der Waals surface area contributed by atoms with E-state index in [1.54, 1.807) is 0 Å². The Morgan fingerprint density at radius 3 is 2.67 bits per heavy atom. The van der Waals surface area contributed by atoms with Crippen LogP contribution < -0.4 is 4.72 Å². The van der Waals surface area contributed by atoms with Crippen LogP contribution in [0.4, 0.5) is 4.39 Å². The van der Waals surface area contributed by atoms with E-state index in [0.29, 0.717) is 0 Å². The molecule has 0 saturated heterocycles. The van der Waals surface area contributed by atoms with E-state index in [1.807, 2.05) is 0 Å². The number of nitrogens with one attached hydrogen (secondary N) is 1. The number of carbonyl (C=O) groups is 1. The predicted octanol–water partition coefficient (Wildman–Crippen LogP) is 1.48. The lowest BCUT2D eigenvalue weighted by atomic mass is 10.2. The third-order valence-corrected chi connectivity index (χ3v) is 4.09. The number of carboxylic acids is 1. The first-order chi connectivity index (χ1) is 8.24. The van der Waals surface area contributed by atoms with Crippen LogP contribution in [0.3, 0.4) is 0 Å². The van der Waals surface area contributed by atoms with E-state index >= 15 is 0 Å². The van der Waals surface area contributed by atoms with Gasteiger partial charge in [0.05, 0.1) is 10.9 Å². The van der Waals surface area contributed by atoms with Crippen molar-refractivity contribution in [3.63, 3.8) is 0 Å². The molecule has 0 aliphatic carbocycles. The van der Waals surface area contributed by atoms with Crippen molar-refractivity contribution < 1.29 is 22.7 Å². The maximum Gasteiger partial charge on any atom is 0.307 e. The zero-order chi connectivity index (χ0) is 13.9. The number of benzene rings is 1. The predicted molar refractivity (Wildman–Crippen MR) is 63.4 cm³/mol. The van der Waals surface area contributed by atoms with Crippen molar-refractivity contribution >= 4 is 27.6 Å². The largest absolute Gasteiger partial charge is 0.481 e. The van der Waals surface area contributed by atoms with Crippen LogP contribution in [0.25, 0.3) is 0 Å². The van der Waals surface area contributed by atoms with Crippen molar-refractivity contribution in [1.29, 1.82) is 0 Å². The summed E-state index contributed by atoms with van der Waals surface area (Å²) in [5.74, 6) is -2.65. The van der Waals surface area contributed by atoms with E-state index in [1.165, 1.54) is 6.92 Å². The second-order valence-corrected chi connectivity index (χ2v) is 5.81. The molecule has 0 aromatic heterocycles. The third-order valence-electron chi connectivity index (χ3n) is 2.18. The van der Waals surface area contributed by atoms with Crippen molar-refractivity contribution in [2.75, 3.05) is 6.54 Å². The molecular weight excluding hydrogens is 285 g/mol. The maximum absolute atomic E-state index is 12.8. The lowest BCUT2D eigenvalue weighted by Crippen LogP contribution is -2.31. The first kappa shape index (κ1) is 14.9. The molecule has 1 aromatic rings. The Kier molecular flexibility index (Phi) is 4.66. The summed E-state index contributed by atoms with van der Waals surface area (Å²) < 4.78 is 38.4. The Hall–Kier alpha value is -1.18. The van der Waals surface area contributed by atoms with Gasteiger partial charge in [-0.15, -0.1) is 0 Å². The van der Waals surface area contributed by atoms with Gasteiger partial charge < -0.3 is 5.11 Å². The first-order valence-corrected chi connectivity index (χ1v) is 6.77. The van der Waals surface area contributed by atoms with Crippen LogP contribution >= 0.6 is 11.6 Å². The molecule has 1 unspecified atom stereocenters. The van der Waals surface area contributed by atoms with E-state index in [0.717, 1.165) is 18.2 Å². The van der Waals surface area contributed by atoms with Gasteiger partial charge in [0.2, 0.25) is 10.0 Å². The van der Waals surface area contributed by atoms with Crippen molar-refractivity contribution in [3.8, 4) is 0 Å². The summed E-state index contributed by atoms with van der Waals surface area (Å²) in [7, 11) is -3.95. The maximum atomic E-state index is 12.8. The molecule has 2 N–H and O–H groups in total. The molecule has 1 aromatic carbocycles. The van der Waals surface area contributed by atoms with Crippen LogP contribution in [-0.2, 0) is 14.8 Å². The SMILES string of the molecule is CC(CNS(=O)(=O)c1ccc(F)cc1Cl)C(=O)O. The van der Waals surface area contributed by atoms with E-state index < -0.39 is 27.7 Å². The van der Waals surface area contributed by atoms with E-state index in [9.17, 15) is 17.6 Å². The van der Waals surface area contributed by atoms with Crippen molar-refractivity contribution in [2.24, 2.45) is 5.92 Å². The van der Waals surface area contributed by atoms with Crippen molar-refractivity contribution in [2.45, 2.75) is 11.8 Å². The molecule has 0 radical (unpaired) electrons. The van der Waals surface area contributed by atoms with Gasteiger partial charge in [-0.05, 0) is 18.2 Å². The Labute approximate surface area is 109 Å². The Balaban J connectivity index is 2.90. The molecule has 1 rings (SSSR count). The van der Waals surface area contributed by atoms with Gasteiger partial charge in [-0.25, -0.2) is 17.5 Å². The number of halogens is 2. The van der Waals surface area contributed by atoms with Crippen LogP contribution in [0.2, 0.25) is 5.02 Å². The second kappa shape index (κ2) is 5.64. The standard InChI is InChI=1S/C10H11ClFNO4S/c1-6(10(14)15)5-13-18(16,17)9-3-2-7(12)4-8(9)11/h2-4,6,13H,5H2,1H3,(H,14,15). The van der Waals surface area contributed by atoms with Crippen LogP contribution in [0, 0.1) is 11.7 Å². The fourth-order valence-electron chi connectivity index (χ4n) is 1.09. The lowest BCUT2D eigenvalue weighted by Gasteiger charge is -2.10. The average molecular weight is 296 g/mol. The van der Waals surface area contributed by atoms with E-state index in [-0.39, 0.29) is 16.5 Å². The second-order valence-electron chi connectivity index (χ2n) is 3.67. The molecule has 0 aliphatic rings. The summed E-state index contributed by atoms with van der Waals surface area (Å²) in [5.41, 5.74) is 0. The number of aliphatic carboxylic acids is 1. The Bertz CT molecular complexity index is 561.